The Morgan fingerprint density at radius 3 is 2.30 bits per heavy atom. The minimum Gasteiger partial charge on any atom is -0.382 e. The Labute approximate surface area is 121 Å². The lowest BCUT2D eigenvalue weighted by Gasteiger charge is -2.41. The Hall–Kier alpha value is -1.56. The van der Waals surface area contributed by atoms with E-state index in [1.165, 1.54) is 24.5 Å². The monoisotopic (exact) mass is 289 g/mol. The summed E-state index contributed by atoms with van der Waals surface area (Å²) in [6.07, 6.45) is 5.11. The molecule has 0 bridgehead atoms. The van der Waals surface area contributed by atoms with Gasteiger partial charge in [-0.05, 0) is 25.1 Å². The van der Waals surface area contributed by atoms with Crippen molar-refractivity contribution < 1.29 is 0 Å². The van der Waals surface area contributed by atoms with Crippen molar-refractivity contribution in [3.63, 3.8) is 0 Å². The van der Waals surface area contributed by atoms with Crippen LogP contribution in [0.15, 0.2) is 18.7 Å². The first-order valence-corrected chi connectivity index (χ1v) is 9.98. The summed E-state index contributed by atoms with van der Waals surface area (Å²) in [4.78, 5) is 17.3. The Morgan fingerprint density at radius 1 is 1.00 bits per heavy atom. The Morgan fingerprint density at radius 2 is 1.70 bits per heavy atom. The number of nitrogens with zero attached hydrogens (tertiary/aromatic N) is 5. The molecule has 0 amide bonds. The molecule has 0 aliphatic heterocycles. The van der Waals surface area contributed by atoms with Gasteiger partial charge < -0.3 is 4.57 Å². The van der Waals surface area contributed by atoms with Crippen LogP contribution in [0.3, 0.4) is 0 Å². The molecule has 0 aliphatic rings. The van der Waals surface area contributed by atoms with Crippen LogP contribution in [0.4, 0.5) is 5.82 Å². The maximum Gasteiger partial charge on any atom is 0.181 e. The quantitative estimate of drug-likeness (QED) is 0.764. The SMILES string of the molecule is CCN(c1cnc2ncncc2n1)[Si](CC)(CC)CC. The van der Waals surface area contributed by atoms with Crippen molar-refractivity contribution in [1.29, 1.82) is 0 Å². The molecule has 0 radical (unpaired) electrons. The normalized spacial score (nSPS) is 11.8. The molecule has 0 aliphatic carbocycles. The summed E-state index contributed by atoms with van der Waals surface area (Å²) in [6, 6.07) is 3.70. The van der Waals surface area contributed by atoms with Crippen molar-refractivity contribution in [2.24, 2.45) is 0 Å². The fourth-order valence-electron chi connectivity index (χ4n) is 2.96. The average Bonchev–Trinajstić information content (AvgIpc) is 2.52. The van der Waals surface area contributed by atoms with E-state index in [-0.39, 0.29) is 0 Å². The average molecular weight is 289 g/mol. The molecule has 2 aromatic rings. The first-order chi connectivity index (χ1) is 9.70. The van der Waals surface area contributed by atoms with Crippen molar-refractivity contribution in [2.75, 3.05) is 11.1 Å². The third-order valence-electron chi connectivity index (χ3n) is 4.35. The lowest BCUT2D eigenvalue weighted by Crippen LogP contribution is -2.52. The van der Waals surface area contributed by atoms with Gasteiger partial charge in [0.1, 0.15) is 17.7 Å². The van der Waals surface area contributed by atoms with Crippen LogP contribution in [0.25, 0.3) is 11.2 Å². The van der Waals surface area contributed by atoms with Gasteiger partial charge in [-0.3, -0.25) is 0 Å². The molecular weight excluding hydrogens is 266 g/mol. The first-order valence-electron chi connectivity index (χ1n) is 7.41. The molecule has 0 spiro atoms. The van der Waals surface area contributed by atoms with E-state index in [2.05, 4.69) is 47.2 Å². The minimum atomic E-state index is -1.49. The predicted octanol–water partition coefficient (Wildman–Crippen LogP) is 3.25. The third kappa shape index (κ3) is 2.52. The highest BCUT2D eigenvalue weighted by atomic mass is 28.3. The number of hydrogen-bond acceptors (Lipinski definition) is 5. The van der Waals surface area contributed by atoms with Gasteiger partial charge in [-0.15, -0.1) is 0 Å². The molecule has 2 heterocycles. The van der Waals surface area contributed by atoms with Gasteiger partial charge >= 0.3 is 0 Å². The van der Waals surface area contributed by atoms with Crippen molar-refractivity contribution in [3.05, 3.63) is 18.7 Å². The molecule has 0 unspecified atom stereocenters. The fraction of sp³-hybridized carbons (Fsp3) is 0.571. The molecule has 20 heavy (non-hydrogen) atoms. The molecule has 0 fully saturated rings. The van der Waals surface area contributed by atoms with E-state index in [0.717, 1.165) is 17.9 Å². The smallest absolute Gasteiger partial charge is 0.181 e. The summed E-state index contributed by atoms with van der Waals surface area (Å²) in [6.45, 7) is 10.1. The second kappa shape index (κ2) is 6.26. The maximum absolute atomic E-state index is 4.73. The van der Waals surface area contributed by atoms with Crippen LogP contribution in [-0.2, 0) is 0 Å². The molecule has 108 valence electrons. The Bertz CT molecular complexity index is 562. The van der Waals surface area contributed by atoms with Gasteiger partial charge in [0.2, 0.25) is 0 Å². The van der Waals surface area contributed by atoms with Crippen molar-refractivity contribution in [3.8, 4) is 0 Å². The Kier molecular flexibility index (Phi) is 4.64. The highest BCUT2D eigenvalue weighted by Gasteiger charge is 2.35. The summed E-state index contributed by atoms with van der Waals surface area (Å²) in [5, 5.41) is 0. The molecule has 2 aromatic heterocycles. The van der Waals surface area contributed by atoms with E-state index in [4.69, 9.17) is 4.98 Å². The van der Waals surface area contributed by atoms with Crippen molar-refractivity contribution in [2.45, 2.75) is 45.8 Å². The van der Waals surface area contributed by atoms with E-state index in [0.29, 0.717) is 5.65 Å². The summed E-state index contributed by atoms with van der Waals surface area (Å²) in [5.41, 5.74) is 1.44. The van der Waals surface area contributed by atoms with Crippen LogP contribution in [0.1, 0.15) is 27.7 Å². The predicted molar refractivity (Wildman–Crippen MR) is 85.3 cm³/mol. The van der Waals surface area contributed by atoms with E-state index >= 15 is 0 Å². The van der Waals surface area contributed by atoms with Gasteiger partial charge in [0.25, 0.3) is 0 Å². The molecule has 5 nitrogen and oxygen atoms in total. The number of aromatic nitrogens is 4. The molecular formula is C14H23N5Si. The van der Waals surface area contributed by atoms with Gasteiger partial charge in [-0.1, -0.05) is 20.8 Å². The van der Waals surface area contributed by atoms with Gasteiger partial charge in [-0.2, -0.15) is 0 Å². The second-order valence-electron chi connectivity index (χ2n) is 4.99. The maximum atomic E-state index is 4.73. The largest absolute Gasteiger partial charge is 0.382 e. The molecule has 6 heteroatoms. The van der Waals surface area contributed by atoms with Crippen LogP contribution in [0, 0.1) is 0 Å². The second-order valence-corrected chi connectivity index (χ2v) is 10.1. The summed E-state index contributed by atoms with van der Waals surface area (Å²) in [5.74, 6) is 0.979. The van der Waals surface area contributed by atoms with E-state index in [9.17, 15) is 0 Å². The lowest BCUT2D eigenvalue weighted by atomic mass is 10.5. The summed E-state index contributed by atoms with van der Waals surface area (Å²) >= 11 is 0. The number of fused-ring (bicyclic) bond motifs is 1. The van der Waals surface area contributed by atoms with E-state index < -0.39 is 8.24 Å². The van der Waals surface area contributed by atoms with Gasteiger partial charge in [0, 0.05) is 6.54 Å². The van der Waals surface area contributed by atoms with Crippen LogP contribution < -0.4 is 4.57 Å². The molecule has 0 atom stereocenters. The zero-order chi connectivity index (χ0) is 14.6. The molecule has 2 rings (SSSR count). The van der Waals surface area contributed by atoms with Crippen molar-refractivity contribution >= 4 is 25.2 Å². The van der Waals surface area contributed by atoms with E-state index in [1.54, 1.807) is 6.20 Å². The fourth-order valence-corrected chi connectivity index (χ4v) is 6.87. The van der Waals surface area contributed by atoms with Crippen LogP contribution in [0.2, 0.25) is 18.1 Å². The van der Waals surface area contributed by atoms with Crippen LogP contribution in [0.5, 0.6) is 0 Å². The summed E-state index contributed by atoms with van der Waals surface area (Å²) < 4.78 is 2.51. The zero-order valence-electron chi connectivity index (χ0n) is 12.8. The highest BCUT2D eigenvalue weighted by Crippen LogP contribution is 2.29. The molecule has 0 aromatic carbocycles. The van der Waals surface area contributed by atoms with Gasteiger partial charge in [0.05, 0.1) is 12.4 Å². The summed E-state index contributed by atoms with van der Waals surface area (Å²) in [7, 11) is -1.49. The number of hydrogen-bond donors (Lipinski definition) is 0. The van der Waals surface area contributed by atoms with Crippen molar-refractivity contribution in [1.82, 2.24) is 19.9 Å². The number of anilines is 1. The zero-order valence-corrected chi connectivity index (χ0v) is 13.8. The molecule has 0 saturated heterocycles. The molecule has 0 N–H and O–H groups in total. The van der Waals surface area contributed by atoms with Gasteiger partial charge in [0.15, 0.2) is 13.9 Å². The van der Waals surface area contributed by atoms with Gasteiger partial charge in [-0.25, -0.2) is 19.9 Å². The van der Waals surface area contributed by atoms with Crippen LogP contribution in [-0.4, -0.2) is 34.7 Å². The van der Waals surface area contributed by atoms with Crippen LogP contribution >= 0.6 is 0 Å². The lowest BCUT2D eigenvalue weighted by molar-refractivity contribution is 0.957. The molecule has 0 saturated carbocycles. The Balaban J connectivity index is 2.48. The topological polar surface area (TPSA) is 54.8 Å². The number of rotatable bonds is 6. The third-order valence-corrected chi connectivity index (χ3v) is 9.99. The van der Waals surface area contributed by atoms with E-state index in [1.807, 2.05) is 6.20 Å². The first kappa shape index (κ1) is 14.8. The standard InChI is InChI=1S/C14H23N5Si/c1-5-19(20(6-2,7-3)8-4)13-10-16-14-12(18-13)9-15-11-17-14/h9-11H,5-8H2,1-4H3. The minimum absolute atomic E-state index is 0.663. The highest BCUT2D eigenvalue weighted by molar-refractivity contribution is 6.83.